The summed E-state index contributed by atoms with van der Waals surface area (Å²) in [7, 11) is -0.251. The largest absolute Gasteiger partial charge is 0.495 e. The van der Waals surface area contributed by atoms with Crippen LogP contribution in [0.15, 0.2) is 18.2 Å². The number of aryl methyl sites for hydroxylation is 1. The highest BCUT2D eigenvalue weighted by Gasteiger charge is 2.52. The molecule has 3 heteroatoms. The molecule has 0 unspecified atom stereocenters. The lowest BCUT2D eigenvalue weighted by Gasteiger charge is -2.32. The summed E-state index contributed by atoms with van der Waals surface area (Å²) in [6.07, 6.45) is 10.6. The SMILES string of the molecule is CCCCCCCCCc1cccc(B2OC(C)(C)C(C)(C)O2)c1C. The summed E-state index contributed by atoms with van der Waals surface area (Å²) in [6, 6.07) is 6.58. The van der Waals surface area contributed by atoms with E-state index in [0.717, 1.165) is 6.42 Å². The zero-order valence-electron chi connectivity index (χ0n) is 17.3. The smallest absolute Gasteiger partial charge is 0.399 e. The van der Waals surface area contributed by atoms with E-state index in [4.69, 9.17) is 9.31 Å². The molecule has 1 saturated heterocycles. The van der Waals surface area contributed by atoms with Crippen molar-refractivity contribution in [3.8, 4) is 0 Å². The van der Waals surface area contributed by atoms with Crippen LogP contribution in [0.5, 0.6) is 0 Å². The molecular weight excluding hydrogens is 307 g/mol. The van der Waals surface area contributed by atoms with Crippen molar-refractivity contribution in [2.45, 2.75) is 104 Å². The summed E-state index contributed by atoms with van der Waals surface area (Å²) in [6.45, 7) is 13.0. The van der Waals surface area contributed by atoms with Crippen molar-refractivity contribution in [1.82, 2.24) is 0 Å². The second kappa shape index (κ2) is 8.73. The average Bonchev–Trinajstić information content (AvgIpc) is 2.76. The highest BCUT2D eigenvalue weighted by Crippen LogP contribution is 2.36. The Bertz CT molecular complexity index is 535. The van der Waals surface area contributed by atoms with E-state index >= 15 is 0 Å². The Labute approximate surface area is 155 Å². The third-order valence-corrected chi connectivity index (χ3v) is 6.04. The number of hydrogen-bond acceptors (Lipinski definition) is 2. The second-order valence-corrected chi connectivity index (χ2v) is 8.59. The standard InChI is InChI=1S/C22H37BO2/c1-7-8-9-10-11-12-13-15-19-16-14-17-20(18(19)2)23-24-21(3,4)22(5,6)25-23/h14,16-17H,7-13,15H2,1-6H3. The number of benzene rings is 1. The molecule has 0 bridgehead atoms. The molecule has 1 aliphatic heterocycles. The molecule has 1 aliphatic rings. The van der Waals surface area contributed by atoms with E-state index in [0.29, 0.717) is 0 Å². The second-order valence-electron chi connectivity index (χ2n) is 8.59. The topological polar surface area (TPSA) is 18.5 Å². The van der Waals surface area contributed by atoms with Crippen molar-refractivity contribution in [1.29, 1.82) is 0 Å². The maximum Gasteiger partial charge on any atom is 0.495 e. The third kappa shape index (κ3) is 5.11. The van der Waals surface area contributed by atoms with E-state index in [-0.39, 0.29) is 18.3 Å². The van der Waals surface area contributed by atoms with Gasteiger partial charge >= 0.3 is 7.12 Å². The van der Waals surface area contributed by atoms with Crippen LogP contribution in [0.1, 0.15) is 90.7 Å². The van der Waals surface area contributed by atoms with E-state index < -0.39 is 0 Å². The fourth-order valence-electron chi connectivity index (χ4n) is 3.47. The first kappa shape index (κ1) is 20.5. The molecule has 0 N–H and O–H groups in total. The minimum atomic E-state index is -0.279. The van der Waals surface area contributed by atoms with Crippen LogP contribution in [0.2, 0.25) is 0 Å². The predicted molar refractivity (Wildman–Crippen MR) is 109 cm³/mol. The van der Waals surface area contributed by atoms with Gasteiger partial charge in [0.15, 0.2) is 0 Å². The van der Waals surface area contributed by atoms with Crippen molar-refractivity contribution in [2.24, 2.45) is 0 Å². The third-order valence-electron chi connectivity index (χ3n) is 6.04. The fraction of sp³-hybridized carbons (Fsp3) is 0.727. The summed E-state index contributed by atoms with van der Waals surface area (Å²) in [5.74, 6) is 0. The van der Waals surface area contributed by atoms with E-state index in [1.54, 1.807) is 0 Å². The molecule has 1 aromatic rings. The van der Waals surface area contributed by atoms with Gasteiger partial charge in [-0.3, -0.25) is 0 Å². The van der Waals surface area contributed by atoms with E-state index in [1.807, 2.05) is 0 Å². The number of rotatable bonds is 9. The maximum absolute atomic E-state index is 6.24. The first-order valence-electron chi connectivity index (χ1n) is 10.2. The molecule has 0 spiro atoms. The molecule has 1 fully saturated rings. The van der Waals surface area contributed by atoms with Crippen LogP contribution in [0, 0.1) is 6.92 Å². The zero-order chi connectivity index (χ0) is 18.5. The molecule has 0 saturated carbocycles. The molecule has 2 rings (SSSR count). The normalized spacial score (nSPS) is 18.7. The monoisotopic (exact) mass is 344 g/mol. The molecule has 0 aromatic heterocycles. The lowest BCUT2D eigenvalue weighted by molar-refractivity contribution is 0.00578. The minimum Gasteiger partial charge on any atom is -0.399 e. The molecule has 0 amide bonds. The predicted octanol–water partition coefficient (Wildman–Crippen LogP) is 5.59. The molecule has 0 radical (unpaired) electrons. The Hall–Kier alpha value is -0.795. The van der Waals surface area contributed by atoms with Gasteiger partial charge in [0.05, 0.1) is 11.2 Å². The highest BCUT2D eigenvalue weighted by molar-refractivity contribution is 6.62. The number of hydrogen-bond donors (Lipinski definition) is 0. The Morgan fingerprint density at radius 3 is 2.00 bits per heavy atom. The zero-order valence-corrected chi connectivity index (χ0v) is 17.3. The lowest BCUT2D eigenvalue weighted by Crippen LogP contribution is -2.41. The van der Waals surface area contributed by atoms with Gasteiger partial charge in [0.2, 0.25) is 0 Å². The number of unbranched alkanes of at least 4 members (excludes halogenated alkanes) is 6. The molecule has 140 valence electrons. The Morgan fingerprint density at radius 1 is 0.840 bits per heavy atom. The van der Waals surface area contributed by atoms with Gasteiger partial charge in [-0.15, -0.1) is 0 Å². The summed E-state index contributed by atoms with van der Waals surface area (Å²) < 4.78 is 12.5. The van der Waals surface area contributed by atoms with Gasteiger partial charge in [0, 0.05) is 0 Å². The maximum atomic E-state index is 6.24. The summed E-state index contributed by atoms with van der Waals surface area (Å²) in [4.78, 5) is 0. The van der Waals surface area contributed by atoms with Crippen LogP contribution in [0.3, 0.4) is 0 Å². The fourth-order valence-corrected chi connectivity index (χ4v) is 3.47. The highest BCUT2D eigenvalue weighted by atomic mass is 16.7. The van der Waals surface area contributed by atoms with Gasteiger partial charge in [0.25, 0.3) is 0 Å². The van der Waals surface area contributed by atoms with Gasteiger partial charge in [-0.25, -0.2) is 0 Å². The van der Waals surface area contributed by atoms with Crippen LogP contribution in [0.25, 0.3) is 0 Å². The van der Waals surface area contributed by atoms with Gasteiger partial charge in [-0.2, -0.15) is 0 Å². The van der Waals surface area contributed by atoms with E-state index in [1.165, 1.54) is 61.5 Å². The first-order chi connectivity index (χ1) is 11.8. The van der Waals surface area contributed by atoms with Gasteiger partial charge in [-0.1, -0.05) is 63.6 Å². The van der Waals surface area contributed by atoms with Gasteiger partial charge < -0.3 is 9.31 Å². The van der Waals surface area contributed by atoms with Gasteiger partial charge in [0.1, 0.15) is 0 Å². The molecule has 1 heterocycles. The van der Waals surface area contributed by atoms with Crippen LogP contribution in [-0.4, -0.2) is 18.3 Å². The van der Waals surface area contributed by atoms with Crippen molar-refractivity contribution < 1.29 is 9.31 Å². The first-order valence-corrected chi connectivity index (χ1v) is 10.2. The molecule has 0 aliphatic carbocycles. The van der Waals surface area contributed by atoms with Crippen LogP contribution in [-0.2, 0) is 15.7 Å². The summed E-state index contributed by atoms with van der Waals surface area (Å²) >= 11 is 0. The Kier molecular flexibility index (Phi) is 7.16. The quantitative estimate of drug-likeness (QED) is 0.430. The van der Waals surface area contributed by atoms with Gasteiger partial charge in [-0.05, 0) is 64.1 Å². The Morgan fingerprint density at radius 2 is 1.40 bits per heavy atom. The van der Waals surface area contributed by atoms with Crippen LogP contribution in [0.4, 0.5) is 0 Å². The van der Waals surface area contributed by atoms with Crippen LogP contribution < -0.4 is 5.46 Å². The van der Waals surface area contributed by atoms with E-state index in [2.05, 4.69) is 59.7 Å². The molecule has 2 nitrogen and oxygen atoms in total. The Balaban J connectivity index is 1.92. The van der Waals surface area contributed by atoms with Crippen molar-refractivity contribution in [3.63, 3.8) is 0 Å². The van der Waals surface area contributed by atoms with Crippen molar-refractivity contribution >= 4 is 12.6 Å². The molecular formula is C22H37BO2. The molecule has 0 atom stereocenters. The summed E-state index contributed by atoms with van der Waals surface area (Å²) in [5, 5.41) is 0. The summed E-state index contributed by atoms with van der Waals surface area (Å²) in [5.41, 5.74) is 3.42. The molecule has 25 heavy (non-hydrogen) atoms. The van der Waals surface area contributed by atoms with Crippen molar-refractivity contribution in [3.05, 3.63) is 29.3 Å². The van der Waals surface area contributed by atoms with Crippen molar-refractivity contribution in [2.75, 3.05) is 0 Å². The molecule has 1 aromatic carbocycles. The van der Waals surface area contributed by atoms with Crippen LogP contribution >= 0.6 is 0 Å². The minimum absolute atomic E-state index is 0.251. The van der Waals surface area contributed by atoms with E-state index in [9.17, 15) is 0 Å². The average molecular weight is 344 g/mol. The lowest BCUT2D eigenvalue weighted by atomic mass is 9.74.